The number of methoxy groups -OCH3 is 1. The second kappa shape index (κ2) is 4.99. The number of hydrogen-bond donors (Lipinski definition) is 1. The first kappa shape index (κ1) is 12.9. The summed E-state index contributed by atoms with van der Waals surface area (Å²) in [6, 6.07) is 2.63. The zero-order valence-electron chi connectivity index (χ0n) is 9.28. The van der Waals surface area contributed by atoms with Crippen molar-refractivity contribution in [2.45, 2.75) is 6.10 Å². The molecule has 1 aromatic carbocycles. The first-order chi connectivity index (χ1) is 8.54. The van der Waals surface area contributed by atoms with Crippen molar-refractivity contribution in [2.24, 2.45) is 0 Å². The Morgan fingerprint density at radius 3 is 2.39 bits per heavy atom. The first-order valence-electron chi connectivity index (χ1n) is 4.98. The minimum atomic E-state index is -1.53. The lowest BCUT2D eigenvalue weighted by Gasteiger charge is -2.13. The molecule has 1 unspecified atom stereocenters. The van der Waals surface area contributed by atoms with E-state index in [1.807, 2.05) is 0 Å². The molecule has 18 heavy (non-hydrogen) atoms. The predicted octanol–water partition coefficient (Wildman–Crippen LogP) is 3.26. The summed E-state index contributed by atoms with van der Waals surface area (Å²) in [5.41, 5.74) is -0.586. The summed E-state index contributed by atoms with van der Waals surface area (Å²) in [5, 5.41) is 11.6. The van der Waals surface area contributed by atoms with Crippen LogP contribution in [0.1, 0.15) is 16.5 Å². The van der Waals surface area contributed by atoms with Crippen LogP contribution in [0.5, 0.6) is 5.75 Å². The standard InChI is InChI=1S/C12H9F3O2S/c1-17-9-2-3-18-12(9)11(16)10-7(14)4-6(13)5-8(10)15/h2-5,11,16H,1H3. The number of thiophene rings is 1. The van der Waals surface area contributed by atoms with Gasteiger partial charge in [-0.3, -0.25) is 0 Å². The van der Waals surface area contributed by atoms with Gasteiger partial charge in [0.1, 0.15) is 29.3 Å². The minimum absolute atomic E-state index is 0.266. The van der Waals surface area contributed by atoms with Crippen molar-refractivity contribution in [2.75, 3.05) is 7.11 Å². The van der Waals surface area contributed by atoms with E-state index in [0.29, 0.717) is 17.9 Å². The molecule has 0 amide bonds. The van der Waals surface area contributed by atoms with E-state index in [1.165, 1.54) is 7.11 Å². The molecular formula is C12H9F3O2S. The van der Waals surface area contributed by atoms with Crippen LogP contribution in [-0.4, -0.2) is 12.2 Å². The van der Waals surface area contributed by atoms with Crippen LogP contribution in [0.4, 0.5) is 13.2 Å². The molecule has 1 aromatic heterocycles. The van der Waals surface area contributed by atoms with E-state index < -0.39 is 29.1 Å². The van der Waals surface area contributed by atoms with Crippen molar-refractivity contribution >= 4 is 11.3 Å². The molecule has 0 spiro atoms. The molecule has 0 fully saturated rings. The van der Waals surface area contributed by atoms with Crippen LogP contribution in [0.25, 0.3) is 0 Å². The second-order valence-corrected chi connectivity index (χ2v) is 4.49. The van der Waals surface area contributed by atoms with E-state index in [0.717, 1.165) is 11.3 Å². The maximum atomic E-state index is 13.5. The van der Waals surface area contributed by atoms with Gasteiger partial charge in [-0.15, -0.1) is 11.3 Å². The van der Waals surface area contributed by atoms with Crippen LogP contribution in [0.3, 0.4) is 0 Å². The fourth-order valence-corrected chi connectivity index (χ4v) is 2.48. The summed E-state index contributed by atoms with van der Waals surface area (Å²) in [5.74, 6) is -2.96. The van der Waals surface area contributed by atoms with Gasteiger partial charge in [-0.05, 0) is 11.4 Å². The van der Waals surface area contributed by atoms with E-state index in [1.54, 1.807) is 11.4 Å². The van der Waals surface area contributed by atoms with Crippen LogP contribution in [0.2, 0.25) is 0 Å². The Balaban J connectivity index is 2.49. The quantitative estimate of drug-likeness (QED) is 0.931. The molecule has 1 N–H and O–H groups in total. The molecule has 0 aliphatic carbocycles. The third-order valence-corrected chi connectivity index (χ3v) is 3.39. The highest BCUT2D eigenvalue weighted by Gasteiger charge is 2.24. The van der Waals surface area contributed by atoms with Crippen molar-refractivity contribution in [3.8, 4) is 5.75 Å². The van der Waals surface area contributed by atoms with E-state index in [4.69, 9.17) is 4.74 Å². The lowest BCUT2D eigenvalue weighted by atomic mass is 10.1. The van der Waals surface area contributed by atoms with E-state index in [2.05, 4.69) is 0 Å². The Labute approximate surface area is 105 Å². The van der Waals surface area contributed by atoms with Crippen molar-refractivity contribution in [3.05, 3.63) is 51.5 Å². The van der Waals surface area contributed by atoms with Crippen LogP contribution in [-0.2, 0) is 0 Å². The highest BCUT2D eigenvalue weighted by Crippen LogP contribution is 2.36. The third-order valence-electron chi connectivity index (χ3n) is 2.44. The Hall–Kier alpha value is -1.53. The van der Waals surface area contributed by atoms with E-state index in [9.17, 15) is 18.3 Å². The van der Waals surface area contributed by atoms with Gasteiger partial charge < -0.3 is 9.84 Å². The molecule has 0 aliphatic rings. The van der Waals surface area contributed by atoms with E-state index >= 15 is 0 Å². The molecule has 0 saturated carbocycles. The van der Waals surface area contributed by atoms with Gasteiger partial charge in [-0.25, -0.2) is 13.2 Å². The van der Waals surface area contributed by atoms with Gasteiger partial charge in [0.05, 0.1) is 17.6 Å². The van der Waals surface area contributed by atoms with E-state index in [-0.39, 0.29) is 4.88 Å². The molecule has 2 aromatic rings. The maximum Gasteiger partial charge on any atom is 0.135 e. The summed E-state index contributed by atoms with van der Waals surface area (Å²) < 4.78 is 44.8. The molecule has 0 radical (unpaired) electrons. The zero-order valence-corrected chi connectivity index (χ0v) is 10.1. The molecule has 0 saturated heterocycles. The summed E-state index contributed by atoms with van der Waals surface area (Å²) in [6.07, 6.45) is -1.53. The van der Waals surface area contributed by atoms with Gasteiger partial charge in [0.2, 0.25) is 0 Å². The molecule has 2 nitrogen and oxygen atoms in total. The summed E-state index contributed by atoms with van der Waals surface area (Å²) in [7, 11) is 1.38. The number of aliphatic hydroxyl groups is 1. The van der Waals surface area contributed by atoms with Crippen molar-refractivity contribution in [1.82, 2.24) is 0 Å². The molecule has 96 valence electrons. The zero-order chi connectivity index (χ0) is 13.3. The van der Waals surface area contributed by atoms with Gasteiger partial charge in [0.15, 0.2) is 0 Å². The molecule has 2 rings (SSSR count). The number of halogens is 3. The van der Waals surface area contributed by atoms with Gasteiger partial charge in [0.25, 0.3) is 0 Å². The molecular weight excluding hydrogens is 265 g/mol. The summed E-state index contributed by atoms with van der Waals surface area (Å²) in [6.45, 7) is 0. The Morgan fingerprint density at radius 2 is 1.83 bits per heavy atom. The molecule has 0 bridgehead atoms. The van der Waals surface area contributed by atoms with Crippen LogP contribution in [0, 0.1) is 17.5 Å². The van der Waals surface area contributed by atoms with Crippen LogP contribution < -0.4 is 4.74 Å². The normalized spacial score (nSPS) is 12.5. The topological polar surface area (TPSA) is 29.5 Å². The number of hydrogen-bond acceptors (Lipinski definition) is 3. The average Bonchev–Trinajstić information content (AvgIpc) is 2.75. The maximum absolute atomic E-state index is 13.5. The fraction of sp³-hybridized carbons (Fsp3) is 0.167. The largest absolute Gasteiger partial charge is 0.495 e. The molecule has 1 heterocycles. The van der Waals surface area contributed by atoms with Crippen molar-refractivity contribution in [3.63, 3.8) is 0 Å². The highest BCUT2D eigenvalue weighted by molar-refractivity contribution is 7.10. The van der Waals surface area contributed by atoms with Crippen LogP contribution in [0.15, 0.2) is 23.6 Å². The van der Waals surface area contributed by atoms with Crippen LogP contribution >= 0.6 is 11.3 Å². The monoisotopic (exact) mass is 274 g/mol. The summed E-state index contributed by atoms with van der Waals surface area (Å²) >= 11 is 1.10. The number of aliphatic hydroxyl groups excluding tert-OH is 1. The Bertz CT molecular complexity index is 545. The molecule has 1 atom stereocenters. The average molecular weight is 274 g/mol. The predicted molar refractivity (Wildman–Crippen MR) is 61.2 cm³/mol. The number of rotatable bonds is 3. The lowest BCUT2D eigenvalue weighted by molar-refractivity contribution is 0.208. The first-order valence-corrected chi connectivity index (χ1v) is 5.86. The number of ether oxygens (including phenoxy) is 1. The van der Waals surface area contributed by atoms with Crippen molar-refractivity contribution < 1.29 is 23.0 Å². The van der Waals surface area contributed by atoms with Crippen molar-refractivity contribution in [1.29, 1.82) is 0 Å². The second-order valence-electron chi connectivity index (χ2n) is 3.54. The Kier molecular flexibility index (Phi) is 3.58. The van der Waals surface area contributed by atoms with Gasteiger partial charge in [0, 0.05) is 12.1 Å². The minimum Gasteiger partial charge on any atom is -0.495 e. The number of benzene rings is 1. The Morgan fingerprint density at radius 1 is 1.22 bits per heavy atom. The summed E-state index contributed by atoms with van der Waals surface area (Å²) in [4.78, 5) is 0.266. The SMILES string of the molecule is COc1ccsc1C(O)c1c(F)cc(F)cc1F. The third kappa shape index (κ3) is 2.21. The van der Waals surface area contributed by atoms with Gasteiger partial charge in [-0.1, -0.05) is 0 Å². The molecule has 6 heteroatoms. The highest BCUT2D eigenvalue weighted by atomic mass is 32.1. The lowest BCUT2D eigenvalue weighted by Crippen LogP contribution is -2.06. The smallest absolute Gasteiger partial charge is 0.135 e. The van der Waals surface area contributed by atoms with Gasteiger partial charge in [-0.2, -0.15) is 0 Å². The molecule has 0 aliphatic heterocycles. The van der Waals surface area contributed by atoms with Gasteiger partial charge >= 0.3 is 0 Å². The fourth-order valence-electron chi connectivity index (χ4n) is 1.62.